The summed E-state index contributed by atoms with van der Waals surface area (Å²) in [6, 6.07) is 9.28. The molecule has 0 spiro atoms. The van der Waals surface area contributed by atoms with E-state index in [1.165, 1.54) is 6.07 Å². The molecule has 21 heavy (non-hydrogen) atoms. The standard InChI is InChI=1S/C17H15FN2O/c1-11-6-12(2-3-15(11)18)13-7-17-16(19-8-13)4-5-20(17)9-14-10-21-14/h2-8,14H,9-10H2,1H3. The molecule has 0 saturated carbocycles. The minimum absolute atomic E-state index is 0.179. The number of halogens is 1. The van der Waals surface area contributed by atoms with Crippen molar-refractivity contribution in [3.05, 3.63) is 54.1 Å². The highest BCUT2D eigenvalue weighted by atomic mass is 19.1. The Morgan fingerprint density at radius 2 is 2.14 bits per heavy atom. The van der Waals surface area contributed by atoms with Gasteiger partial charge < -0.3 is 9.30 Å². The molecule has 4 heteroatoms. The Morgan fingerprint density at radius 1 is 1.29 bits per heavy atom. The minimum Gasteiger partial charge on any atom is -0.371 e. The van der Waals surface area contributed by atoms with E-state index in [9.17, 15) is 4.39 Å². The van der Waals surface area contributed by atoms with Crippen LogP contribution < -0.4 is 0 Å². The fourth-order valence-corrected chi connectivity index (χ4v) is 2.60. The van der Waals surface area contributed by atoms with Crippen LogP contribution in [-0.4, -0.2) is 22.3 Å². The summed E-state index contributed by atoms with van der Waals surface area (Å²) in [6.07, 6.45) is 4.21. The van der Waals surface area contributed by atoms with Crippen LogP contribution in [0.4, 0.5) is 4.39 Å². The molecule has 1 saturated heterocycles. The predicted molar refractivity (Wildman–Crippen MR) is 79.6 cm³/mol. The maximum atomic E-state index is 13.4. The van der Waals surface area contributed by atoms with Crippen LogP contribution in [0.1, 0.15) is 5.56 Å². The second-order valence-electron chi connectivity index (χ2n) is 5.52. The third kappa shape index (κ3) is 2.32. The summed E-state index contributed by atoms with van der Waals surface area (Å²) in [5.74, 6) is -0.179. The van der Waals surface area contributed by atoms with Gasteiger partial charge in [-0.2, -0.15) is 0 Å². The summed E-state index contributed by atoms with van der Waals surface area (Å²) >= 11 is 0. The van der Waals surface area contributed by atoms with Crippen LogP contribution >= 0.6 is 0 Å². The van der Waals surface area contributed by atoms with Crippen LogP contribution in [0.2, 0.25) is 0 Å². The molecule has 1 unspecified atom stereocenters. The topological polar surface area (TPSA) is 30.4 Å². The van der Waals surface area contributed by atoms with Crippen molar-refractivity contribution in [3.63, 3.8) is 0 Å². The van der Waals surface area contributed by atoms with E-state index in [1.54, 1.807) is 13.0 Å². The highest BCUT2D eigenvalue weighted by Gasteiger charge is 2.23. The van der Waals surface area contributed by atoms with Crippen molar-refractivity contribution in [1.29, 1.82) is 0 Å². The van der Waals surface area contributed by atoms with Gasteiger partial charge in [0.05, 0.1) is 30.3 Å². The van der Waals surface area contributed by atoms with Gasteiger partial charge in [-0.15, -0.1) is 0 Å². The molecule has 2 aromatic heterocycles. The van der Waals surface area contributed by atoms with Gasteiger partial charge in [0.15, 0.2) is 0 Å². The lowest BCUT2D eigenvalue weighted by atomic mass is 10.0. The first-order valence-electron chi connectivity index (χ1n) is 7.04. The molecule has 3 aromatic rings. The maximum Gasteiger partial charge on any atom is 0.126 e. The van der Waals surface area contributed by atoms with Gasteiger partial charge in [0.25, 0.3) is 0 Å². The molecule has 4 rings (SSSR count). The molecule has 0 N–H and O–H groups in total. The first-order valence-corrected chi connectivity index (χ1v) is 7.04. The molecule has 3 nitrogen and oxygen atoms in total. The van der Waals surface area contributed by atoms with Gasteiger partial charge in [-0.25, -0.2) is 4.39 Å². The van der Waals surface area contributed by atoms with E-state index in [0.717, 1.165) is 35.3 Å². The van der Waals surface area contributed by atoms with Crippen LogP contribution in [0.3, 0.4) is 0 Å². The van der Waals surface area contributed by atoms with Crippen molar-refractivity contribution in [3.8, 4) is 11.1 Å². The van der Waals surface area contributed by atoms with E-state index in [0.29, 0.717) is 11.7 Å². The summed E-state index contributed by atoms with van der Waals surface area (Å²) in [7, 11) is 0. The second-order valence-corrected chi connectivity index (χ2v) is 5.52. The van der Waals surface area contributed by atoms with Crippen molar-refractivity contribution < 1.29 is 9.13 Å². The highest BCUT2D eigenvalue weighted by molar-refractivity contribution is 5.81. The minimum atomic E-state index is -0.179. The lowest BCUT2D eigenvalue weighted by molar-refractivity contribution is 0.385. The van der Waals surface area contributed by atoms with Crippen LogP contribution in [0.5, 0.6) is 0 Å². The average Bonchev–Trinajstić information content (AvgIpc) is 3.22. The van der Waals surface area contributed by atoms with E-state index in [1.807, 2.05) is 24.5 Å². The number of aryl methyl sites for hydroxylation is 1. The summed E-state index contributed by atoms with van der Waals surface area (Å²) in [4.78, 5) is 4.50. The third-order valence-corrected chi connectivity index (χ3v) is 3.91. The number of fused-ring (bicyclic) bond motifs is 1. The lowest BCUT2D eigenvalue weighted by Crippen LogP contribution is -2.02. The SMILES string of the molecule is Cc1cc(-c2cnc3ccn(CC4CO4)c3c2)ccc1F. The van der Waals surface area contributed by atoms with Gasteiger partial charge >= 0.3 is 0 Å². The predicted octanol–water partition coefficient (Wildman–Crippen LogP) is 3.55. The van der Waals surface area contributed by atoms with Crippen molar-refractivity contribution in [2.24, 2.45) is 0 Å². The number of hydrogen-bond acceptors (Lipinski definition) is 2. The van der Waals surface area contributed by atoms with E-state index in [2.05, 4.69) is 15.6 Å². The lowest BCUT2D eigenvalue weighted by Gasteiger charge is -2.06. The Kier molecular flexibility index (Phi) is 2.79. The van der Waals surface area contributed by atoms with Crippen LogP contribution in [0.25, 0.3) is 22.2 Å². The maximum absolute atomic E-state index is 13.4. The Morgan fingerprint density at radius 3 is 2.90 bits per heavy atom. The molecule has 1 aliphatic heterocycles. The summed E-state index contributed by atoms with van der Waals surface area (Å²) in [5.41, 5.74) is 4.69. The van der Waals surface area contributed by atoms with Crippen molar-refractivity contribution in [2.45, 2.75) is 19.6 Å². The Hall–Kier alpha value is -2.20. The number of nitrogens with zero attached hydrogens (tertiary/aromatic N) is 2. The molecule has 0 aliphatic carbocycles. The zero-order valence-electron chi connectivity index (χ0n) is 11.7. The number of hydrogen-bond donors (Lipinski definition) is 0. The number of aromatic nitrogens is 2. The van der Waals surface area contributed by atoms with Gasteiger partial charge in [-0.1, -0.05) is 6.07 Å². The first kappa shape index (κ1) is 12.5. The fourth-order valence-electron chi connectivity index (χ4n) is 2.60. The van der Waals surface area contributed by atoms with Crippen molar-refractivity contribution in [1.82, 2.24) is 9.55 Å². The molecule has 1 aliphatic rings. The number of epoxide rings is 1. The quantitative estimate of drug-likeness (QED) is 0.688. The largest absolute Gasteiger partial charge is 0.371 e. The van der Waals surface area contributed by atoms with Gasteiger partial charge in [0.1, 0.15) is 5.82 Å². The third-order valence-electron chi connectivity index (χ3n) is 3.91. The van der Waals surface area contributed by atoms with E-state index < -0.39 is 0 Å². The molecule has 3 heterocycles. The van der Waals surface area contributed by atoms with E-state index >= 15 is 0 Å². The molecule has 0 amide bonds. The van der Waals surface area contributed by atoms with E-state index in [4.69, 9.17) is 4.74 Å². The van der Waals surface area contributed by atoms with Crippen molar-refractivity contribution in [2.75, 3.05) is 6.61 Å². The normalized spacial score (nSPS) is 17.3. The summed E-state index contributed by atoms with van der Waals surface area (Å²) in [5, 5.41) is 0. The Labute approximate surface area is 122 Å². The highest BCUT2D eigenvalue weighted by Crippen LogP contribution is 2.26. The number of pyridine rings is 1. The average molecular weight is 282 g/mol. The molecular weight excluding hydrogens is 267 g/mol. The fraction of sp³-hybridized carbons (Fsp3) is 0.235. The molecule has 1 aromatic carbocycles. The Balaban J connectivity index is 1.79. The number of ether oxygens (including phenoxy) is 1. The molecule has 0 radical (unpaired) electrons. The summed E-state index contributed by atoms with van der Waals surface area (Å²) < 4.78 is 20.9. The zero-order chi connectivity index (χ0) is 14.4. The molecule has 0 bridgehead atoms. The van der Waals surface area contributed by atoms with Crippen LogP contribution in [-0.2, 0) is 11.3 Å². The smallest absolute Gasteiger partial charge is 0.126 e. The van der Waals surface area contributed by atoms with Crippen molar-refractivity contribution >= 4 is 11.0 Å². The number of rotatable bonds is 3. The van der Waals surface area contributed by atoms with Gasteiger partial charge in [-0.05, 0) is 42.3 Å². The second kappa shape index (κ2) is 4.67. The molecule has 1 fully saturated rings. The van der Waals surface area contributed by atoms with Gasteiger partial charge in [-0.3, -0.25) is 4.98 Å². The molecule has 106 valence electrons. The molecular formula is C17H15FN2O. The van der Waals surface area contributed by atoms with Gasteiger partial charge in [0, 0.05) is 18.0 Å². The first-order chi connectivity index (χ1) is 10.2. The van der Waals surface area contributed by atoms with Gasteiger partial charge in [0.2, 0.25) is 0 Å². The molecule has 1 atom stereocenters. The van der Waals surface area contributed by atoms with Crippen LogP contribution in [0.15, 0.2) is 42.7 Å². The van der Waals surface area contributed by atoms with E-state index in [-0.39, 0.29) is 5.82 Å². The zero-order valence-corrected chi connectivity index (χ0v) is 11.7. The monoisotopic (exact) mass is 282 g/mol. The number of benzene rings is 1. The van der Waals surface area contributed by atoms with Crippen LogP contribution in [0, 0.1) is 12.7 Å². The Bertz CT molecular complexity index is 821. The summed E-state index contributed by atoms with van der Waals surface area (Å²) in [6.45, 7) is 3.47.